The predicted octanol–water partition coefficient (Wildman–Crippen LogP) is 1.07. The van der Waals surface area contributed by atoms with Crippen LogP contribution in [0.2, 0.25) is 0 Å². The van der Waals surface area contributed by atoms with Crippen LogP contribution in [-0.2, 0) is 11.8 Å². The van der Waals surface area contributed by atoms with Crippen LogP contribution in [0.15, 0.2) is 12.3 Å². The fourth-order valence-electron chi connectivity index (χ4n) is 1.18. The van der Waals surface area contributed by atoms with Gasteiger partial charge in [0.05, 0.1) is 18.4 Å². The molecular weight excluding hydrogens is 194 g/mol. The fourth-order valence-corrected chi connectivity index (χ4v) is 1.18. The molecule has 80 valence electrons. The molecule has 1 aromatic rings. The van der Waals surface area contributed by atoms with E-state index in [9.17, 15) is 4.79 Å². The van der Waals surface area contributed by atoms with Crippen LogP contribution in [0, 0.1) is 11.3 Å². The van der Waals surface area contributed by atoms with Gasteiger partial charge in [-0.1, -0.05) is 0 Å². The fraction of sp³-hybridized carbons (Fsp3) is 0.400. The van der Waals surface area contributed by atoms with Gasteiger partial charge < -0.3 is 15.0 Å². The molecule has 0 spiro atoms. The molecule has 0 atom stereocenters. The van der Waals surface area contributed by atoms with Gasteiger partial charge in [0.1, 0.15) is 5.69 Å². The molecule has 2 N–H and O–H groups in total. The summed E-state index contributed by atoms with van der Waals surface area (Å²) in [5.41, 5.74) is 6.47. The standard InChI is InChI=1S/C10H13N3O2/c1-13-7-8(12)6-9(13)10(14)15-5-3-2-4-11/h6-7H,2-3,5,12H2,1H3. The van der Waals surface area contributed by atoms with Gasteiger partial charge in [-0.15, -0.1) is 0 Å². The summed E-state index contributed by atoms with van der Waals surface area (Å²) in [5.74, 6) is -0.410. The maximum Gasteiger partial charge on any atom is 0.355 e. The second-order valence-electron chi connectivity index (χ2n) is 3.17. The second kappa shape index (κ2) is 5.05. The highest BCUT2D eigenvalue weighted by Gasteiger charge is 2.11. The summed E-state index contributed by atoms with van der Waals surface area (Å²) in [5, 5.41) is 8.28. The van der Waals surface area contributed by atoms with Crippen molar-refractivity contribution in [2.75, 3.05) is 12.3 Å². The molecule has 0 aliphatic carbocycles. The van der Waals surface area contributed by atoms with Crippen LogP contribution in [0.1, 0.15) is 23.3 Å². The zero-order chi connectivity index (χ0) is 11.3. The van der Waals surface area contributed by atoms with E-state index in [2.05, 4.69) is 0 Å². The van der Waals surface area contributed by atoms with E-state index in [-0.39, 0.29) is 6.61 Å². The van der Waals surface area contributed by atoms with Crippen LogP contribution in [0.3, 0.4) is 0 Å². The Bertz CT molecular complexity index is 390. The van der Waals surface area contributed by atoms with Crippen LogP contribution < -0.4 is 5.73 Å². The van der Waals surface area contributed by atoms with Gasteiger partial charge in [0, 0.05) is 19.7 Å². The van der Waals surface area contributed by atoms with Crippen molar-refractivity contribution in [2.45, 2.75) is 12.8 Å². The molecule has 0 amide bonds. The third-order valence-corrected chi connectivity index (χ3v) is 1.90. The Kier molecular flexibility index (Phi) is 3.75. The summed E-state index contributed by atoms with van der Waals surface area (Å²) in [6.07, 6.45) is 2.59. The minimum absolute atomic E-state index is 0.261. The highest BCUT2D eigenvalue weighted by atomic mass is 16.5. The lowest BCUT2D eigenvalue weighted by molar-refractivity contribution is 0.0490. The Morgan fingerprint density at radius 3 is 3.00 bits per heavy atom. The first kappa shape index (κ1) is 11.1. The van der Waals surface area contributed by atoms with E-state index in [4.69, 9.17) is 15.7 Å². The van der Waals surface area contributed by atoms with Crippen LogP contribution in [0.5, 0.6) is 0 Å². The molecule has 0 unspecified atom stereocenters. The molecule has 5 nitrogen and oxygen atoms in total. The van der Waals surface area contributed by atoms with Gasteiger partial charge in [0.25, 0.3) is 0 Å². The number of nitriles is 1. The molecule has 15 heavy (non-hydrogen) atoms. The van der Waals surface area contributed by atoms with Crippen molar-refractivity contribution < 1.29 is 9.53 Å². The number of aryl methyl sites for hydroxylation is 1. The van der Waals surface area contributed by atoms with Gasteiger partial charge in [-0.05, 0) is 12.5 Å². The molecule has 0 saturated carbocycles. The smallest absolute Gasteiger partial charge is 0.355 e. The first-order valence-electron chi connectivity index (χ1n) is 4.61. The average Bonchev–Trinajstić information content (AvgIpc) is 2.52. The van der Waals surface area contributed by atoms with Crippen LogP contribution in [-0.4, -0.2) is 17.1 Å². The Hall–Kier alpha value is -1.96. The number of aromatic nitrogens is 1. The summed E-state index contributed by atoms with van der Waals surface area (Å²) in [6, 6.07) is 3.54. The number of nitrogens with two attached hydrogens (primary N) is 1. The van der Waals surface area contributed by atoms with E-state index in [1.807, 2.05) is 6.07 Å². The summed E-state index contributed by atoms with van der Waals surface area (Å²) < 4.78 is 6.57. The van der Waals surface area contributed by atoms with Gasteiger partial charge in [-0.2, -0.15) is 5.26 Å². The number of esters is 1. The molecule has 1 rings (SSSR count). The number of carbonyl (C=O) groups excluding carboxylic acids is 1. The van der Waals surface area contributed by atoms with E-state index < -0.39 is 5.97 Å². The molecular formula is C10H13N3O2. The third-order valence-electron chi connectivity index (χ3n) is 1.90. The van der Waals surface area contributed by atoms with Crippen LogP contribution in [0.4, 0.5) is 5.69 Å². The lowest BCUT2D eigenvalue weighted by Gasteiger charge is -2.03. The number of ether oxygens (including phenoxy) is 1. The summed E-state index contributed by atoms with van der Waals surface area (Å²) >= 11 is 0. The van der Waals surface area contributed by atoms with Gasteiger partial charge in [-0.25, -0.2) is 4.79 Å². The molecule has 0 aliphatic heterocycles. The van der Waals surface area contributed by atoms with E-state index >= 15 is 0 Å². The molecule has 0 aromatic carbocycles. The van der Waals surface area contributed by atoms with Gasteiger partial charge >= 0.3 is 5.97 Å². The maximum absolute atomic E-state index is 11.5. The van der Waals surface area contributed by atoms with Crippen molar-refractivity contribution in [1.82, 2.24) is 4.57 Å². The van der Waals surface area contributed by atoms with Crippen molar-refractivity contribution in [3.63, 3.8) is 0 Å². The topological polar surface area (TPSA) is 81.0 Å². The molecule has 0 bridgehead atoms. The SMILES string of the molecule is Cn1cc(N)cc1C(=O)OCCCC#N. The lowest BCUT2D eigenvalue weighted by Crippen LogP contribution is -2.10. The number of rotatable bonds is 4. The van der Waals surface area contributed by atoms with E-state index in [0.29, 0.717) is 24.2 Å². The quantitative estimate of drug-likeness (QED) is 0.591. The normalized spacial score (nSPS) is 9.60. The van der Waals surface area contributed by atoms with Crippen molar-refractivity contribution in [1.29, 1.82) is 5.26 Å². The first-order chi connectivity index (χ1) is 7.15. The number of carbonyl (C=O) groups is 1. The number of anilines is 1. The molecule has 1 heterocycles. The van der Waals surface area contributed by atoms with Crippen molar-refractivity contribution >= 4 is 11.7 Å². The predicted molar refractivity (Wildman–Crippen MR) is 55.0 cm³/mol. The Morgan fingerprint density at radius 1 is 1.73 bits per heavy atom. The highest BCUT2D eigenvalue weighted by molar-refractivity contribution is 5.89. The first-order valence-corrected chi connectivity index (χ1v) is 4.61. The number of nitrogens with zero attached hydrogens (tertiary/aromatic N) is 2. The minimum atomic E-state index is -0.410. The maximum atomic E-state index is 11.5. The Balaban J connectivity index is 2.48. The molecule has 0 saturated heterocycles. The Labute approximate surface area is 88.0 Å². The zero-order valence-electron chi connectivity index (χ0n) is 8.56. The minimum Gasteiger partial charge on any atom is -0.461 e. The lowest BCUT2D eigenvalue weighted by atomic mass is 10.3. The summed E-state index contributed by atoms with van der Waals surface area (Å²) in [6.45, 7) is 0.261. The van der Waals surface area contributed by atoms with Gasteiger partial charge in [0.2, 0.25) is 0 Å². The molecule has 0 radical (unpaired) electrons. The van der Waals surface area contributed by atoms with Crippen molar-refractivity contribution in [2.24, 2.45) is 7.05 Å². The van der Waals surface area contributed by atoms with Crippen LogP contribution in [0.25, 0.3) is 0 Å². The number of hydrogen-bond donors (Lipinski definition) is 1. The van der Waals surface area contributed by atoms with E-state index in [0.717, 1.165) is 0 Å². The van der Waals surface area contributed by atoms with Crippen molar-refractivity contribution in [3.05, 3.63) is 18.0 Å². The third kappa shape index (κ3) is 3.02. The molecule has 5 heteroatoms. The van der Waals surface area contributed by atoms with Gasteiger partial charge in [0.15, 0.2) is 0 Å². The van der Waals surface area contributed by atoms with Crippen molar-refractivity contribution in [3.8, 4) is 6.07 Å². The number of unbranched alkanes of at least 4 members (excludes halogenated alkanes) is 1. The summed E-state index contributed by atoms with van der Waals surface area (Å²) in [7, 11) is 1.72. The monoisotopic (exact) mass is 207 g/mol. The summed E-state index contributed by atoms with van der Waals surface area (Å²) in [4.78, 5) is 11.5. The Morgan fingerprint density at radius 2 is 2.47 bits per heavy atom. The molecule has 1 aromatic heterocycles. The van der Waals surface area contributed by atoms with E-state index in [1.165, 1.54) is 0 Å². The zero-order valence-corrected chi connectivity index (χ0v) is 8.56. The van der Waals surface area contributed by atoms with E-state index in [1.54, 1.807) is 23.9 Å². The van der Waals surface area contributed by atoms with Gasteiger partial charge in [-0.3, -0.25) is 0 Å². The number of hydrogen-bond acceptors (Lipinski definition) is 4. The second-order valence-corrected chi connectivity index (χ2v) is 3.17. The van der Waals surface area contributed by atoms with Crippen LogP contribution >= 0.6 is 0 Å². The number of nitrogen functional groups attached to an aromatic ring is 1. The largest absolute Gasteiger partial charge is 0.461 e. The molecule has 0 fully saturated rings. The molecule has 0 aliphatic rings. The average molecular weight is 207 g/mol. The highest BCUT2D eigenvalue weighted by Crippen LogP contribution is 2.10.